The minimum Gasteiger partial charge on any atom is -0.466 e. The van der Waals surface area contributed by atoms with Crippen LogP contribution in [0.15, 0.2) is 78.9 Å². The minimum absolute atomic E-state index is 0.146. The van der Waals surface area contributed by atoms with Gasteiger partial charge in [0.15, 0.2) is 0 Å². The third-order valence-corrected chi connectivity index (χ3v) is 7.98. The molecule has 1 fully saturated rings. The topological polar surface area (TPSA) is 87.2 Å². The van der Waals surface area contributed by atoms with Crippen LogP contribution in [0, 0.1) is 5.92 Å². The van der Waals surface area contributed by atoms with Crippen molar-refractivity contribution in [3.8, 4) is 11.1 Å². The first-order valence-corrected chi connectivity index (χ1v) is 14.4. The Hall–Kier alpha value is -3.95. The molecule has 0 aliphatic carbocycles. The van der Waals surface area contributed by atoms with Crippen LogP contribution in [0.5, 0.6) is 0 Å². The number of anilines is 2. The fourth-order valence-electron chi connectivity index (χ4n) is 4.35. The summed E-state index contributed by atoms with van der Waals surface area (Å²) in [5.74, 6) is -1.05. The quantitative estimate of drug-likeness (QED) is 0.297. The highest BCUT2D eigenvalue weighted by Gasteiger charge is 2.40. The van der Waals surface area contributed by atoms with E-state index in [1.807, 2.05) is 62.6 Å². The summed E-state index contributed by atoms with van der Waals surface area (Å²) in [6, 6.07) is 23.7. The Balaban J connectivity index is 1.58. The van der Waals surface area contributed by atoms with Gasteiger partial charge in [-0.15, -0.1) is 0 Å². The molecule has 1 saturated heterocycles. The number of carbonyl (C=O) groups excluding carboxylic acids is 2. The van der Waals surface area contributed by atoms with Gasteiger partial charge in [0.05, 0.1) is 25.8 Å². The number of nitrogens with zero attached hydrogens (tertiary/aromatic N) is 3. The maximum Gasteiger partial charge on any atom is 0.330 e. The minimum atomic E-state index is -3.34. The summed E-state index contributed by atoms with van der Waals surface area (Å²) in [4.78, 5) is 28.9. The zero-order valence-corrected chi connectivity index (χ0v) is 23.4. The standard InChI is InChI=1S/C30H33N3O5S/c1-31(2)27-15-13-25(14-16-27)24-11-8-23(9-12-24)19-33(30(35)26-20-32(21-26)39(4,36)37)28-7-5-6-22(18-28)10-17-29(34)38-3/h5-18,26H,19-21H2,1-4H3/b17-10+. The van der Waals surface area contributed by atoms with E-state index in [0.29, 0.717) is 12.2 Å². The number of rotatable bonds is 9. The Labute approximate surface area is 230 Å². The molecule has 1 heterocycles. The van der Waals surface area contributed by atoms with Gasteiger partial charge in [-0.25, -0.2) is 17.5 Å². The first kappa shape index (κ1) is 28.1. The van der Waals surface area contributed by atoms with Gasteiger partial charge in [-0.2, -0.15) is 0 Å². The number of esters is 1. The van der Waals surface area contributed by atoms with E-state index in [-0.39, 0.29) is 19.0 Å². The number of carbonyl (C=O) groups is 2. The Kier molecular flexibility index (Phi) is 8.52. The highest BCUT2D eigenvalue weighted by atomic mass is 32.2. The van der Waals surface area contributed by atoms with Crippen LogP contribution < -0.4 is 9.80 Å². The molecule has 0 spiro atoms. The summed E-state index contributed by atoms with van der Waals surface area (Å²) in [6.07, 6.45) is 4.10. The number of methoxy groups -OCH3 is 1. The summed E-state index contributed by atoms with van der Waals surface area (Å²) in [5, 5.41) is 0. The Morgan fingerprint density at radius 2 is 1.56 bits per heavy atom. The van der Waals surface area contributed by atoms with Crippen molar-refractivity contribution in [2.24, 2.45) is 5.92 Å². The lowest BCUT2D eigenvalue weighted by atomic mass is 9.99. The molecule has 1 amide bonds. The smallest absolute Gasteiger partial charge is 0.330 e. The van der Waals surface area contributed by atoms with Crippen LogP contribution in [0.4, 0.5) is 11.4 Å². The van der Waals surface area contributed by atoms with E-state index in [1.165, 1.54) is 17.5 Å². The van der Waals surface area contributed by atoms with Gasteiger partial charge in [0.1, 0.15) is 0 Å². The SMILES string of the molecule is COC(=O)/C=C/c1cccc(N(Cc2ccc(-c3ccc(N(C)C)cc3)cc2)C(=O)C2CN(S(C)(=O)=O)C2)c1. The molecule has 0 unspecified atom stereocenters. The summed E-state index contributed by atoms with van der Waals surface area (Å²) in [5.41, 5.74) is 5.62. The summed E-state index contributed by atoms with van der Waals surface area (Å²) < 4.78 is 29.7. The average molecular weight is 548 g/mol. The molecule has 3 aromatic rings. The van der Waals surface area contributed by atoms with E-state index < -0.39 is 21.9 Å². The first-order valence-electron chi connectivity index (χ1n) is 12.5. The Bertz CT molecular complexity index is 1460. The van der Waals surface area contributed by atoms with Crippen LogP contribution in [-0.2, 0) is 30.9 Å². The summed E-state index contributed by atoms with van der Waals surface area (Å²) in [7, 11) is 1.98. The number of sulfonamides is 1. The monoisotopic (exact) mass is 547 g/mol. The lowest BCUT2D eigenvalue weighted by molar-refractivity contribution is -0.134. The van der Waals surface area contributed by atoms with Crippen molar-refractivity contribution in [2.75, 3.05) is 50.4 Å². The molecule has 0 atom stereocenters. The van der Waals surface area contributed by atoms with Gasteiger partial charge in [-0.05, 0) is 52.6 Å². The van der Waals surface area contributed by atoms with Crippen molar-refractivity contribution >= 4 is 39.4 Å². The normalized spacial score (nSPS) is 14.2. The molecule has 1 aliphatic rings. The molecule has 0 N–H and O–H groups in total. The number of hydrogen-bond donors (Lipinski definition) is 0. The molecule has 4 rings (SSSR count). The van der Waals surface area contributed by atoms with E-state index in [4.69, 9.17) is 0 Å². The second kappa shape index (κ2) is 11.8. The lowest BCUT2D eigenvalue weighted by Crippen LogP contribution is -2.56. The van der Waals surface area contributed by atoms with Crippen LogP contribution in [-0.4, -0.2) is 65.1 Å². The Morgan fingerprint density at radius 3 is 2.13 bits per heavy atom. The van der Waals surface area contributed by atoms with Crippen LogP contribution >= 0.6 is 0 Å². The maximum atomic E-state index is 13.6. The van der Waals surface area contributed by atoms with Crippen LogP contribution in [0.25, 0.3) is 17.2 Å². The van der Waals surface area contributed by atoms with Gasteiger partial charge in [0, 0.05) is 44.6 Å². The summed E-state index contributed by atoms with van der Waals surface area (Å²) >= 11 is 0. The molecule has 3 aromatic carbocycles. The van der Waals surface area contributed by atoms with Crippen molar-refractivity contribution in [1.29, 1.82) is 0 Å². The molecule has 0 aromatic heterocycles. The van der Waals surface area contributed by atoms with Gasteiger partial charge < -0.3 is 14.5 Å². The predicted octanol–water partition coefficient (Wildman–Crippen LogP) is 4.03. The number of benzene rings is 3. The van der Waals surface area contributed by atoms with E-state index in [9.17, 15) is 18.0 Å². The largest absolute Gasteiger partial charge is 0.466 e. The number of hydrogen-bond acceptors (Lipinski definition) is 6. The molecular formula is C30H33N3O5S. The van der Waals surface area contributed by atoms with Gasteiger partial charge in [0.2, 0.25) is 15.9 Å². The van der Waals surface area contributed by atoms with Crippen LogP contribution in [0.3, 0.4) is 0 Å². The molecular weight excluding hydrogens is 514 g/mol. The molecule has 0 saturated carbocycles. The van der Waals surface area contributed by atoms with Gasteiger partial charge >= 0.3 is 5.97 Å². The van der Waals surface area contributed by atoms with Crippen molar-refractivity contribution in [2.45, 2.75) is 6.54 Å². The van der Waals surface area contributed by atoms with E-state index >= 15 is 0 Å². The van der Waals surface area contributed by atoms with Crippen molar-refractivity contribution < 1.29 is 22.7 Å². The van der Waals surface area contributed by atoms with Crippen molar-refractivity contribution in [3.63, 3.8) is 0 Å². The number of amides is 1. The first-order chi connectivity index (χ1) is 18.5. The van der Waals surface area contributed by atoms with Crippen molar-refractivity contribution in [1.82, 2.24) is 4.31 Å². The second-order valence-electron chi connectivity index (χ2n) is 9.79. The molecule has 9 heteroatoms. The maximum absolute atomic E-state index is 13.6. The molecule has 204 valence electrons. The van der Waals surface area contributed by atoms with E-state index in [1.54, 1.807) is 11.0 Å². The third-order valence-electron chi connectivity index (χ3n) is 6.74. The highest BCUT2D eigenvalue weighted by Crippen LogP contribution is 2.28. The molecule has 1 aliphatic heterocycles. The van der Waals surface area contributed by atoms with Gasteiger partial charge in [0.25, 0.3) is 0 Å². The van der Waals surface area contributed by atoms with Gasteiger partial charge in [-0.3, -0.25) is 4.79 Å². The molecule has 0 radical (unpaired) electrons. The average Bonchev–Trinajstić information content (AvgIpc) is 2.89. The van der Waals surface area contributed by atoms with Crippen LogP contribution in [0.1, 0.15) is 11.1 Å². The highest BCUT2D eigenvalue weighted by molar-refractivity contribution is 7.88. The zero-order valence-electron chi connectivity index (χ0n) is 22.6. The van der Waals surface area contributed by atoms with Crippen molar-refractivity contribution in [3.05, 3.63) is 90.0 Å². The predicted molar refractivity (Wildman–Crippen MR) is 155 cm³/mol. The van der Waals surface area contributed by atoms with Crippen LogP contribution in [0.2, 0.25) is 0 Å². The fourth-order valence-corrected chi connectivity index (χ4v) is 5.25. The second-order valence-corrected chi connectivity index (χ2v) is 11.8. The lowest BCUT2D eigenvalue weighted by Gasteiger charge is -2.39. The third kappa shape index (κ3) is 6.93. The summed E-state index contributed by atoms with van der Waals surface area (Å²) in [6.45, 7) is 0.647. The molecule has 0 bridgehead atoms. The molecule has 8 nitrogen and oxygen atoms in total. The van der Waals surface area contributed by atoms with Gasteiger partial charge in [-0.1, -0.05) is 48.5 Å². The molecule has 39 heavy (non-hydrogen) atoms. The van der Waals surface area contributed by atoms with E-state index in [2.05, 4.69) is 33.9 Å². The fraction of sp³-hybridized carbons (Fsp3) is 0.267. The number of ether oxygens (including phenoxy) is 1. The van der Waals surface area contributed by atoms with E-state index in [0.717, 1.165) is 34.2 Å². The Morgan fingerprint density at radius 1 is 0.949 bits per heavy atom. The zero-order chi connectivity index (χ0) is 28.2.